The van der Waals surface area contributed by atoms with Crippen LogP contribution in [0, 0.1) is 0 Å². The molecule has 0 aliphatic heterocycles. The van der Waals surface area contributed by atoms with Crippen molar-refractivity contribution in [3.8, 4) is 0 Å². The molecule has 4 nitrogen and oxygen atoms in total. The summed E-state index contributed by atoms with van der Waals surface area (Å²) in [4.78, 5) is 10.9. The van der Waals surface area contributed by atoms with Gasteiger partial charge in [-0.25, -0.2) is 0 Å². The molecule has 0 saturated heterocycles. The second-order valence-electron chi connectivity index (χ2n) is 2.34. The van der Waals surface area contributed by atoms with Gasteiger partial charge in [0.25, 0.3) is 0 Å². The van der Waals surface area contributed by atoms with E-state index in [4.69, 9.17) is 9.47 Å². The lowest BCUT2D eigenvalue weighted by atomic mass is 10.5. The smallest absolute Gasteiger partial charge is 0.320 e. The summed E-state index contributed by atoms with van der Waals surface area (Å²) in [5.74, 6) is -0.262. The van der Waals surface area contributed by atoms with E-state index in [1.165, 1.54) is 0 Å². The first-order valence-electron chi connectivity index (χ1n) is 4.36. The fourth-order valence-electron chi connectivity index (χ4n) is 0.686. The summed E-state index contributed by atoms with van der Waals surface area (Å²) < 4.78 is 9.83. The van der Waals surface area contributed by atoms with Gasteiger partial charge in [0.05, 0.1) is 13.2 Å². The normalized spacial score (nSPS) is 9.62. The van der Waals surface area contributed by atoms with Crippen LogP contribution in [0.2, 0.25) is 0 Å². The molecule has 0 saturated carbocycles. The molecule has 0 spiro atoms. The molecule has 0 aliphatic carbocycles. The van der Waals surface area contributed by atoms with E-state index in [0.717, 1.165) is 0 Å². The first-order valence-corrected chi connectivity index (χ1v) is 4.36. The van der Waals surface area contributed by atoms with Crippen LogP contribution in [0.25, 0.3) is 0 Å². The molecule has 0 aromatic heterocycles. The quantitative estimate of drug-likeness (QED) is 0.338. The van der Waals surface area contributed by atoms with Gasteiger partial charge >= 0.3 is 5.97 Å². The van der Waals surface area contributed by atoms with Gasteiger partial charge < -0.3 is 14.8 Å². The van der Waals surface area contributed by atoms with Crippen molar-refractivity contribution in [3.63, 3.8) is 0 Å². The van der Waals surface area contributed by atoms with Gasteiger partial charge in [0.15, 0.2) is 0 Å². The van der Waals surface area contributed by atoms with Crippen LogP contribution in [-0.4, -0.2) is 38.9 Å². The zero-order valence-corrected chi connectivity index (χ0v) is 8.04. The van der Waals surface area contributed by atoms with E-state index in [-0.39, 0.29) is 12.5 Å². The second-order valence-corrected chi connectivity index (χ2v) is 2.34. The molecule has 0 bridgehead atoms. The summed E-state index contributed by atoms with van der Waals surface area (Å²) in [6.07, 6.45) is 1.69. The predicted octanol–water partition coefficient (Wildman–Crippen LogP) is 0.342. The number of carbonyl (C=O) groups excluding carboxylic acids is 1. The van der Waals surface area contributed by atoms with Crippen LogP contribution < -0.4 is 5.32 Å². The number of hydrogen-bond acceptors (Lipinski definition) is 4. The summed E-state index contributed by atoms with van der Waals surface area (Å²) in [7, 11) is 0. The molecule has 0 aromatic carbocycles. The Hall–Kier alpha value is -0.870. The standard InChI is InChI=1S/C9H17NO3/c1-3-5-10-8-9(11)13-7-6-12-4-2/h3,10H,1,4-8H2,2H3. The van der Waals surface area contributed by atoms with Crippen molar-refractivity contribution in [1.29, 1.82) is 0 Å². The Labute approximate surface area is 78.9 Å². The summed E-state index contributed by atoms with van der Waals surface area (Å²) in [6.45, 7) is 7.67. The SMILES string of the molecule is C=CCNCC(=O)OCCOCC. The van der Waals surface area contributed by atoms with Gasteiger partial charge in [-0.2, -0.15) is 0 Å². The molecule has 0 atom stereocenters. The molecule has 0 aliphatic rings. The van der Waals surface area contributed by atoms with E-state index in [0.29, 0.717) is 26.4 Å². The molecule has 76 valence electrons. The molecule has 0 rings (SSSR count). The number of ether oxygens (including phenoxy) is 2. The summed E-state index contributed by atoms with van der Waals surface area (Å²) >= 11 is 0. The molecule has 13 heavy (non-hydrogen) atoms. The van der Waals surface area contributed by atoms with Crippen LogP contribution in [0.15, 0.2) is 12.7 Å². The van der Waals surface area contributed by atoms with E-state index >= 15 is 0 Å². The molecular formula is C9H17NO3. The molecule has 0 amide bonds. The lowest BCUT2D eigenvalue weighted by Gasteiger charge is -2.04. The molecule has 4 heteroatoms. The lowest BCUT2D eigenvalue weighted by Crippen LogP contribution is -2.25. The summed E-state index contributed by atoms with van der Waals surface area (Å²) in [6, 6.07) is 0. The van der Waals surface area contributed by atoms with Crippen LogP contribution in [0.1, 0.15) is 6.92 Å². The maximum atomic E-state index is 10.9. The van der Waals surface area contributed by atoms with Gasteiger partial charge in [0, 0.05) is 13.2 Å². The van der Waals surface area contributed by atoms with E-state index in [9.17, 15) is 4.79 Å². The van der Waals surface area contributed by atoms with Crippen molar-refractivity contribution >= 4 is 5.97 Å². The van der Waals surface area contributed by atoms with Crippen molar-refractivity contribution in [2.24, 2.45) is 0 Å². The average Bonchev–Trinajstić information content (AvgIpc) is 2.13. The van der Waals surface area contributed by atoms with Crippen molar-refractivity contribution in [3.05, 3.63) is 12.7 Å². The predicted molar refractivity (Wildman–Crippen MR) is 50.5 cm³/mol. The highest BCUT2D eigenvalue weighted by atomic mass is 16.6. The fraction of sp³-hybridized carbons (Fsp3) is 0.667. The Morgan fingerprint density at radius 1 is 1.54 bits per heavy atom. The van der Waals surface area contributed by atoms with Crippen molar-refractivity contribution in [2.45, 2.75) is 6.92 Å². The van der Waals surface area contributed by atoms with E-state index in [1.807, 2.05) is 6.92 Å². The number of nitrogens with one attached hydrogen (secondary N) is 1. The maximum Gasteiger partial charge on any atom is 0.320 e. The zero-order chi connectivity index (χ0) is 9.94. The third-order valence-electron chi connectivity index (χ3n) is 1.25. The maximum absolute atomic E-state index is 10.9. The van der Waals surface area contributed by atoms with Gasteiger partial charge in [0.2, 0.25) is 0 Å². The number of carbonyl (C=O) groups is 1. The van der Waals surface area contributed by atoms with Crippen molar-refractivity contribution in [1.82, 2.24) is 5.32 Å². The molecule has 0 unspecified atom stereocenters. The average molecular weight is 187 g/mol. The summed E-state index contributed by atoms with van der Waals surface area (Å²) in [5.41, 5.74) is 0. The highest BCUT2D eigenvalue weighted by Crippen LogP contribution is 1.79. The number of rotatable bonds is 8. The van der Waals surface area contributed by atoms with Gasteiger partial charge in [-0.1, -0.05) is 6.08 Å². The number of hydrogen-bond donors (Lipinski definition) is 1. The Morgan fingerprint density at radius 3 is 2.92 bits per heavy atom. The summed E-state index contributed by atoms with van der Waals surface area (Å²) in [5, 5.41) is 2.84. The van der Waals surface area contributed by atoms with Crippen LogP contribution in [-0.2, 0) is 14.3 Å². The van der Waals surface area contributed by atoms with Crippen LogP contribution in [0.4, 0.5) is 0 Å². The molecule has 0 heterocycles. The number of esters is 1. The first-order chi connectivity index (χ1) is 6.31. The molecular weight excluding hydrogens is 170 g/mol. The minimum absolute atomic E-state index is 0.220. The minimum atomic E-state index is -0.262. The van der Waals surface area contributed by atoms with E-state index < -0.39 is 0 Å². The van der Waals surface area contributed by atoms with Gasteiger partial charge in [-0.05, 0) is 6.92 Å². The minimum Gasteiger partial charge on any atom is -0.462 e. The molecule has 0 aromatic rings. The van der Waals surface area contributed by atoms with Gasteiger partial charge in [-0.15, -0.1) is 6.58 Å². The van der Waals surface area contributed by atoms with Crippen LogP contribution in [0.3, 0.4) is 0 Å². The Kier molecular flexibility index (Phi) is 8.60. The monoisotopic (exact) mass is 187 g/mol. The second kappa shape index (κ2) is 9.22. The highest BCUT2D eigenvalue weighted by molar-refractivity contribution is 5.71. The van der Waals surface area contributed by atoms with Crippen LogP contribution in [0.5, 0.6) is 0 Å². The zero-order valence-electron chi connectivity index (χ0n) is 8.04. The van der Waals surface area contributed by atoms with Crippen molar-refractivity contribution in [2.75, 3.05) is 32.9 Å². The Bertz CT molecular complexity index is 148. The van der Waals surface area contributed by atoms with Gasteiger partial charge in [-0.3, -0.25) is 4.79 Å². The Morgan fingerprint density at radius 2 is 2.31 bits per heavy atom. The molecule has 0 fully saturated rings. The lowest BCUT2D eigenvalue weighted by molar-refractivity contribution is -0.144. The third-order valence-corrected chi connectivity index (χ3v) is 1.25. The molecule has 0 radical (unpaired) electrons. The fourth-order valence-corrected chi connectivity index (χ4v) is 0.686. The largest absolute Gasteiger partial charge is 0.462 e. The van der Waals surface area contributed by atoms with Crippen molar-refractivity contribution < 1.29 is 14.3 Å². The topological polar surface area (TPSA) is 47.6 Å². The van der Waals surface area contributed by atoms with Crippen LogP contribution >= 0.6 is 0 Å². The first kappa shape index (κ1) is 12.1. The van der Waals surface area contributed by atoms with E-state index in [1.54, 1.807) is 6.08 Å². The third kappa shape index (κ3) is 9.04. The molecule has 1 N–H and O–H groups in total. The van der Waals surface area contributed by atoms with Gasteiger partial charge in [0.1, 0.15) is 6.61 Å². The highest BCUT2D eigenvalue weighted by Gasteiger charge is 1.99. The Balaban J connectivity index is 3.15. The van der Waals surface area contributed by atoms with E-state index in [2.05, 4.69) is 11.9 Å².